The molecule has 0 aliphatic rings. The number of hydrogen-bond acceptors (Lipinski definition) is 5. The smallest absolute Gasteiger partial charge is 0.273 e. The molecule has 0 spiro atoms. The van der Waals surface area contributed by atoms with Crippen molar-refractivity contribution < 1.29 is 14.4 Å². The number of rotatable bonds is 7. The first-order valence-corrected chi connectivity index (χ1v) is 6.14. The standard InChI is InChI=1S/C12H21N3O3/c1-4-12(5-2,13-3)8-14-11(17)10-6-9(7-16)18-15-10/h6,13,16H,4-5,7-8H2,1-3H3,(H,14,17). The number of aliphatic hydroxyl groups is 1. The van der Waals surface area contributed by atoms with Crippen molar-refractivity contribution in [1.29, 1.82) is 0 Å². The third kappa shape index (κ3) is 3.30. The molecule has 0 atom stereocenters. The number of aliphatic hydroxyl groups excluding tert-OH is 1. The molecular weight excluding hydrogens is 234 g/mol. The molecule has 6 nitrogen and oxygen atoms in total. The normalized spacial score (nSPS) is 11.6. The summed E-state index contributed by atoms with van der Waals surface area (Å²) in [5.74, 6) is -0.00834. The first kappa shape index (κ1) is 14.7. The van der Waals surface area contributed by atoms with Gasteiger partial charge in [-0.15, -0.1) is 0 Å². The molecule has 1 heterocycles. The summed E-state index contributed by atoms with van der Waals surface area (Å²) in [5, 5.41) is 18.5. The summed E-state index contributed by atoms with van der Waals surface area (Å²) >= 11 is 0. The Balaban J connectivity index is 2.59. The minimum atomic E-state index is -0.292. The van der Waals surface area contributed by atoms with Crippen molar-refractivity contribution in [2.24, 2.45) is 0 Å². The van der Waals surface area contributed by atoms with E-state index in [1.54, 1.807) is 0 Å². The van der Waals surface area contributed by atoms with Crippen LogP contribution in [0.3, 0.4) is 0 Å². The molecule has 0 aromatic carbocycles. The van der Waals surface area contributed by atoms with E-state index < -0.39 is 0 Å². The van der Waals surface area contributed by atoms with Crippen LogP contribution in [0.5, 0.6) is 0 Å². The third-order valence-electron chi connectivity index (χ3n) is 3.42. The molecule has 0 bridgehead atoms. The zero-order valence-electron chi connectivity index (χ0n) is 11.1. The van der Waals surface area contributed by atoms with Crippen molar-refractivity contribution >= 4 is 5.91 Å². The van der Waals surface area contributed by atoms with Crippen molar-refractivity contribution in [3.8, 4) is 0 Å². The summed E-state index contributed by atoms with van der Waals surface area (Å²) in [7, 11) is 1.89. The summed E-state index contributed by atoms with van der Waals surface area (Å²) in [6.07, 6.45) is 1.84. The van der Waals surface area contributed by atoms with Gasteiger partial charge in [0, 0.05) is 18.2 Å². The number of amides is 1. The van der Waals surface area contributed by atoms with Gasteiger partial charge in [0.25, 0.3) is 5.91 Å². The quantitative estimate of drug-likeness (QED) is 0.666. The van der Waals surface area contributed by atoms with Crippen molar-refractivity contribution in [3.63, 3.8) is 0 Å². The third-order valence-corrected chi connectivity index (χ3v) is 3.42. The molecule has 0 aliphatic heterocycles. The van der Waals surface area contributed by atoms with Gasteiger partial charge in [-0.25, -0.2) is 0 Å². The van der Waals surface area contributed by atoms with E-state index in [9.17, 15) is 4.79 Å². The number of nitrogens with zero attached hydrogens (tertiary/aromatic N) is 1. The molecule has 1 aromatic heterocycles. The maximum atomic E-state index is 11.8. The summed E-state index contributed by atoms with van der Waals surface area (Å²) in [6.45, 7) is 4.42. The van der Waals surface area contributed by atoms with E-state index in [0.29, 0.717) is 6.54 Å². The van der Waals surface area contributed by atoms with Crippen LogP contribution in [-0.4, -0.2) is 35.3 Å². The lowest BCUT2D eigenvalue weighted by atomic mass is 9.93. The molecule has 1 aromatic rings. The molecule has 1 rings (SSSR count). The summed E-state index contributed by atoms with van der Waals surface area (Å²) in [5.41, 5.74) is 0.0930. The number of hydrogen-bond donors (Lipinski definition) is 3. The Morgan fingerprint density at radius 1 is 1.50 bits per heavy atom. The van der Waals surface area contributed by atoms with E-state index in [0.717, 1.165) is 12.8 Å². The van der Waals surface area contributed by atoms with Crippen LogP contribution in [0.2, 0.25) is 0 Å². The lowest BCUT2D eigenvalue weighted by Gasteiger charge is -2.31. The van der Waals surface area contributed by atoms with Gasteiger partial charge in [0.2, 0.25) is 0 Å². The van der Waals surface area contributed by atoms with E-state index in [2.05, 4.69) is 29.6 Å². The first-order chi connectivity index (χ1) is 8.60. The average molecular weight is 255 g/mol. The molecule has 0 aliphatic carbocycles. The minimum absolute atomic E-state index is 0.0980. The van der Waals surface area contributed by atoms with Crippen LogP contribution in [0.25, 0.3) is 0 Å². The number of likely N-dealkylation sites (N-methyl/N-ethyl adjacent to an activating group) is 1. The van der Waals surface area contributed by atoms with Crippen LogP contribution in [0, 0.1) is 0 Å². The Kier molecular flexibility index (Phi) is 5.30. The highest BCUT2D eigenvalue weighted by molar-refractivity contribution is 5.92. The highest BCUT2D eigenvalue weighted by atomic mass is 16.5. The largest absolute Gasteiger partial charge is 0.388 e. The number of carbonyl (C=O) groups excluding carboxylic acids is 1. The van der Waals surface area contributed by atoms with Crippen molar-refractivity contribution in [3.05, 3.63) is 17.5 Å². The average Bonchev–Trinajstić information content (AvgIpc) is 2.89. The van der Waals surface area contributed by atoms with E-state index >= 15 is 0 Å². The lowest BCUT2D eigenvalue weighted by Crippen LogP contribution is -2.51. The highest BCUT2D eigenvalue weighted by Crippen LogP contribution is 2.13. The molecule has 0 radical (unpaired) electrons. The van der Waals surface area contributed by atoms with Gasteiger partial charge in [0.05, 0.1) is 0 Å². The molecule has 0 unspecified atom stereocenters. The van der Waals surface area contributed by atoms with Gasteiger partial charge in [-0.3, -0.25) is 4.79 Å². The highest BCUT2D eigenvalue weighted by Gasteiger charge is 2.25. The SMILES string of the molecule is CCC(CC)(CNC(=O)c1cc(CO)on1)NC. The Bertz CT molecular complexity index is 377. The fourth-order valence-corrected chi connectivity index (χ4v) is 1.78. The van der Waals surface area contributed by atoms with E-state index in [-0.39, 0.29) is 29.5 Å². The van der Waals surface area contributed by atoms with Crippen molar-refractivity contribution in [2.75, 3.05) is 13.6 Å². The maximum absolute atomic E-state index is 11.8. The van der Waals surface area contributed by atoms with Crippen LogP contribution >= 0.6 is 0 Å². The van der Waals surface area contributed by atoms with E-state index in [1.807, 2.05) is 7.05 Å². The fourth-order valence-electron chi connectivity index (χ4n) is 1.78. The maximum Gasteiger partial charge on any atom is 0.273 e. The zero-order valence-corrected chi connectivity index (χ0v) is 11.1. The van der Waals surface area contributed by atoms with Gasteiger partial charge < -0.3 is 20.3 Å². The predicted molar refractivity (Wildman–Crippen MR) is 67.1 cm³/mol. The van der Waals surface area contributed by atoms with Crippen LogP contribution in [0.4, 0.5) is 0 Å². The second-order valence-corrected chi connectivity index (χ2v) is 4.26. The molecular formula is C12H21N3O3. The van der Waals surface area contributed by atoms with Crippen molar-refractivity contribution in [2.45, 2.75) is 38.8 Å². The monoisotopic (exact) mass is 255 g/mol. The number of aromatic nitrogens is 1. The van der Waals surface area contributed by atoms with E-state index in [4.69, 9.17) is 9.63 Å². The van der Waals surface area contributed by atoms with Gasteiger partial charge in [-0.1, -0.05) is 19.0 Å². The van der Waals surface area contributed by atoms with Gasteiger partial charge in [0.1, 0.15) is 6.61 Å². The lowest BCUT2D eigenvalue weighted by molar-refractivity contribution is 0.0928. The molecule has 0 saturated carbocycles. The topological polar surface area (TPSA) is 87.4 Å². The zero-order chi connectivity index (χ0) is 13.6. The molecule has 3 N–H and O–H groups in total. The van der Waals surface area contributed by atoms with Crippen LogP contribution in [0.15, 0.2) is 10.6 Å². The van der Waals surface area contributed by atoms with E-state index in [1.165, 1.54) is 6.07 Å². The molecule has 0 saturated heterocycles. The van der Waals surface area contributed by atoms with Crippen LogP contribution < -0.4 is 10.6 Å². The molecule has 102 valence electrons. The fraction of sp³-hybridized carbons (Fsp3) is 0.667. The van der Waals surface area contributed by atoms with Gasteiger partial charge in [-0.2, -0.15) is 0 Å². The van der Waals surface area contributed by atoms with Gasteiger partial charge in [-0.05, 0) is 19.9 Å². The summed E-state index contributed by atoms with van der Waals surface area (Å²) < 4.78 is 4.77. The van der Waals surface area contributed by atoms with Gasteiger partial charge >= 0.3 is 0 Å². The molecule has 0 fully saturated rings. The molecule has 18 heavy (non-hydrogen) atoms. The Labute approximate surface area is 107 Å². The summed E-state index contributed by atoms with van der Waals surface area (Å²) in [6, 6.07) is 1.44. The van der Waals surface area contributed by atoms with Crippen molar-refractivity contribution in [1.82, 2.24) is 15.8 Å². The molecule has 1 amide bonds. The van der Waals surface area contributed by atoms with Gasteiger partial charge in [0.15, 0.2) is 11.5 Å². The Hall–Kier alpha value is -1.40. The Morgan fingerprint density at radius 2 is 2.17 bits per heavy atom. The summed E-state index contributed by atoms with van der Waals surface area (Å²) in [4.78, 5) is 11.8. The van der Waals surface area contributed by atoms with Crippen LogP contribution in [0.1, 0.15) is 42.9 Å². The minimum Gasteiger partial charge on any atom is -0.388 e. The first-order valence-electron chi connectivity index (χ1n) is 6.14. The predicted octanol–water partition coefficient (Wildman–Crippen LogP) is 0.675. The second-order valence-electron chi connectivity index (χ2n) is 4.26. The van der Waals surface area contributed by atoms with Crippen LogP contribution in [-0.2, 0) is 6.61 Å². The Morgan fingerprint density at radius 3 is 2.61 bits per heavy atom. The molecule has 6 heteroatoms. The number of nitrogens with one attached hydrogen (secondary N) is 2. The second kappa shape index (κ2) is 6.51. The number of carbonyl (C=O) groups is 1.